The number of hydrogen-bond donors (Lipinski definition) is 0. The Morgan fingerprint density at radius 1 is 1.22 bits per heavy atom. The fourth-order valence-electron chi connectivity index (χ4n) is 1.73. The molecule has 1 atom stereocenters. The second-order valence-corrected chi connectivity index (χ2v) is 4.01. The highest BCUT2D eigenvalue weighted by atomic mass is 16.7. The number of benzene rings is 1. The molecule has 0 saturated heterocycles. The maximum atomic E-state index is 12.0. The first-order valence-electron chi connectivity index (χ1n) is 5.60. The van der Waals surface area contributed by atoms with E-state index in [1.165, 1.54) is 7.11 Å². The number of Topliss-reactive ketones (excluding diaryl/α,β-unsaturated/α-hetero) is 1. The Bertz CT molecular complexity index is 480. The highest BCUT2D eigenvalue weighted by Crippen LogP contribution is 2.22. The number of carbonyl (C=O) groups is 2. The highest BCUT2D eigenvalue weighted by Gasteiger charge is 2.34. The highest BCUT2D eigenvalue weighted by molar-refractivity contribution is 6.11. The number of esters is 1. The summed E-state index contributed by atoms with van der Waals surface area (Å²) in [6.07, 6.45) is -1.16. The number of fused-ring (bicyclic) bond motifs is 1. The summed E-state index contributed by atoms with van der Waals surface area (Å²) >= 11 is 0. The molecule has 0 aromatic heterocycles. The maximum absolute atomic E-state index is 12.0. The van der Waals surface area contributed by atoms with Crippen molar-refractivity contribution in [3.8, 4) is 0 Å². The monoisotopic (exact) mass is 250 g/mol. The molecule has 1 aromatic carbocycles. The lowest BCUT2D eigenvalue weighted by Gasteiger charge is -2.23. The van der Waals surface area contributed by atoms with E-state index in [1.54, 1.807) is 18.2 Å². The minimum absolute atomic E-state index is 0.196. The van der Waals surface area contributed by atoms with Crippen LogP contribution in [0.3, 0.4) is 0 Å². The summed E-state index contributed by atoms with van der Waals surface area (Å²) in [4.78, 5) is 23.8. The Morgan fingerprint density at radius 3 is 2.72 bits per heavy atom. The molecule has 2 rings (SSSR count). The van der Waals surface area contributed by atoms with Crippen LogP contribution in [0.15, 0.2) is 18.2 Å². The molecule has 96 valence electrons. The van der Waals surface area contributed by atoms with Gasteiger partial charge in [-0.25, -0.2) is 4.79 Å². The molecule has 0 N–H and O–H groups in total. The minimum atomic E-state index is -1.16. The predicted octanol–water partition coefficient (Wildman–Crippen LogP) is 1.34. The van der Waals surface area contributed by atoms with Gasteiger partial charge in [-0.3, -0.25) is 4.79 Å². The number of methoxy groups -OCH3 is 1. The average molecular weight is 250 g/mol. The minimum Gasteiger partial charge on any atom is -0.424 e. The molecule has 1 aromatic rings. The van der Waals surface area contributed by atoms with E-state index in [2.05, 4.69) is 0 Å². The van der Waals surface area contributed by atoms with Crippen molar-refractivity contribution < 1.29 is 23.8 Å². The molecule has 0 amide bonds. The number of cyclic esters (lactones) is 1. The number of hydrogen-bond acceptors (Lipinski definition) is 5. The van der Waals surface area contributed by atoms with Gasteiger partial charge in [-0.15, -0.1) is 0 Å². The maximum Gasteiger partial charge on any atom is 0.341 e. The first-order valence-corrected chi connectivity index (χ1v) is 5.60. The molecule has 0 fully saturated rings. The molecule has 0 radical (unpaired) electrons. The van der Waals surface area contributed by atoms with Crippen molar-refractivity contribution in [1.82, 2.24) is 0 Å². The molecule has 1 aliphatic heterocycles. The van der Waals surface area contributed by atoms with Gasteiger partial charge in [0.1, 0.15) is 0 Å². The van der Waals surface area contributed by atoms with Crippen LogP contribution >= 0.6 is 0 Å². The van der Waals surface area contributed by atoms with Gasteiger partial charge in [-0.05, 0) is 13.0 Å². The Labute approximate surface area is 105 Å². The van der Waals surface area contributed by atoms with Crippen LogP contribution < -0.4 is 0 Å². The number of ketones is 1. The second kappa shape index (κ2) is 5.29. The van der Waals surface area contributed by atoms with Crippen LogP contribution in [0.5, 0.6) is 0 Å². The van der Waals surface area contributed by atoms with Crippen molar-refractivity contribution in [3.63, 3.8) is 0 Å². The van der Waals surface area contributed by atoms with Crippen LogP contribution in [0, 0.1) is 6.92 Å². The summed E-state index contributed by atoms with van der Waals surface area (Å²) in [6.45, 7) is 2.38. The van der Waals surface area contributed by atoms with Gasteiger partial charge in [0.25, 0.3) is 6.29 Å². The van der Waals surface area contributed by atoms with Crippen LogP contribution in [0.2, 0.25) is 0 Å². The summed E-state index contributed by atoms with van der Waals surface area (Å²) < 4.78 is 14.9. The summed E-state index contributed by atoms with van der Waals surface area (Å²) in [6, 6.07) is 5.04. The molecule has 1 aliphatic rings. The van der Waals surface area contributed by atoms with Crippen molar-refractivity contribution in [1.29, 1.82) is 0 Å². The Balaban J connectivity index is 2.20. The molecular formula is C13H14O5. The van der Waals surface area contributed by atoms with Crippen LogP contribution in [-0.2, 0) is 14.2 Å². The number of carbonyl (C=O) groups excluding carboxylic acids is 2. The summed E-state index contributed by atoms with van der Waals surface area (Å²) in [5, 5.41) is 0. The molecule has 5 heteroatoms. The van der Waals surface area contributed by atoms with Gasteiger partial charge in [0, 0.05) is 12.7 Å². The lowest BCUT2D eigenvalue weighted by Crippen LogP contribution is -2.37. The molecule has 18 heavy (non-hydrogen) atoms. The average Bonchev–Trinajstić information content (AvgIpc) is 2.35. The molecule has 1 heterocycles. The zero-order valence-corrected chi connectivity index (χ0v) is 10.3. The lowest BCUT2D eigenvalue weighted by atomic mass is 9.99. The Hall–Kier alpha value is -1.72. The van der Waals surface area contributed by atoms with Crippen molar-refractivity contribution in [2.75, 3.05) is 20.3 Å². The normalized spacial score (nSPS) is 18.4. The van der Waals surface area contributed by atoms with Gasteiger partial charge in [-0.1, -0.05) is 17.7 Å². The third-order valence-corrected chi connectivity index (χ3v) is 2.65. The van der Waals surface area contributed by atoms with Gasteiger partial charge >= 0.3 is 5.97 Å². The smallest absolute Gasteiger partial charge is 0.341 e. The van der Waals surface area contributed by atoms with E-state index in [0.717, 1.165) is 5.56 Å². The number of ether oxygens (including phenoxy) is 3. The fourth-order valence-corrected chi connectivity index (χ4v) is 1.73. The molecule has 5 nitrogen and oxygen atoms in total. The van der Waals surface area contributed by atoms with Crippen LogP contribution in [-0.4, -0.2) is 38.4 Å². The molecule has 1 unspecified atom stereocenters. The van der Waals surface area contributed by atoms with Crippen molar-refractivity contribution >= 4 is 11.8 Å². The molecule has 0 bridgehead atoms. The Kier molecular flexibility index (Phi) is 3.74. The van der Waals surface area contributed by atoms with E-state index in [9.17, 15) is 9.59 Å². The molecule has 0 aliphatic carbocycles. The van der Waals surface area contributed by atoms with Crippen LogP contribution in [0.4, 0.5) is 0 Å². The van der Waals surface area contributed by atoms with Gasteiger partial charge < -0.3 is 14.2 Å². The second-order valence-electron chi connectivity index (χ2n) is 4.01. The van der Waals surface area contributed by atoms with E-state index in [4.69, 9.17) is 14.2 Å². The SMILES string of the molecule is COCCOC1OC(=O)c2cc(C)ccc2C1=O. The zero-order chi connectivity index (χ0) is 13.1. The molecule has 0 spiro atoms. The van der Waals surface area contributed by atoms with Gasteiger partial charge in [0.05, 0.1) is 18.8 Å². The topological polar surface area (TPSA) is 61.8 Å². The lowest BCUT2D eigenvalue weighted by molar-refractivity contribution is -0.0970. The van der Waals surface area contributed by atoms with Gasteiger partial charge in [0.2, 0.25) is 5.78 Å². The van der Waals surface area contributed by atoms with Crippen molar-refractivity contribution in [2.24, 2.45) is 0 Å². The fraction of sp³-hybridized carbons (Fsp3) is 0.385. The first-order chi connectivity index (χ1) is 8.63. The zero-order valence-electron chi connectivity index (χ0n) is 10.3. The van der Waals surface area contributed by atoms with E-state index < -0.39 is 12.3 Å². The van der Waals surface area contributed by atoms with E-state index >= 15 is 0 Å². The van der Waals surface area contributed by atoms with Gasteiger partial charge in [-0.2, -0.15) is 0 Å². The van der Waals surface area contributed by atoms with E-state index in [1.807, 2.05) is 6.92 Å². The molecular weight excluding hydrogens is 236 g/mol. The quantitative estimate of drug-likeness (QED) is 0.596. The molecule has 0 saturated carbocycles. The van der Waals surface area contributed by atoms with Crippen molar-refractivity contribution in [2.45, 2.75) is 13.2 Å². The van der Waals surface area contributed by atoms with Crippen molar-refractivity contribution in [3.05, 3.63) is 34.9 Å². The third kappa shape index (κ3) is 2.42. The Morgan fingerprint density at radius 2 is 2.00 bits per heavy atom. The van der Waals surface area contributed by atoms with Crippen LogP contribution in [0.1, 0.15) is 26.3 Å². The summed E-state index contributed by atoms with van der Waals surface area (Å²) in [7, 11) is 1.52. The largest absolute Gasteiger partial charge is 0.424 e. The number of aryl methyl sites for hydroxylation is 1. The summed E-state index contributed by atoms with van der Waals surface area (Å²) in [5.41, 5.74) is 1.54. The number of rotatable bonds is 4. The van der Waals surface area contributed by atoms with Crippen LogP contribution in [0.25, 0.3) is 0 Å². The third-order valence-electron chi connectivity index (χ3n) is 2.65. The van der Waals surface area contributed by atoms with Gasteiger partial charge in [0.15, 0.2) is 0 Å². The first kappa shape index (κ1) is 12.7. The van der Waals surface area contributed by atoms with E-state index in [0.29, 0.717) is 17.7 Å². The standard InChI is InChI=1S/C13H14O5/c1-8-3-4-9-10(7-8)12(15)18-13(11(9)14)17-6-5-16-2/h3-4,7,13H,5-6H2,1-2H3. The predicted molar refractivity (Wildman–Crippen MR) is 62.5 cm³/mol. The van der Waals surface area contributed by atoms with E-state index in [-0.39, 0.29) is 12.4 Å². The summed E-state index contributed by atoms with van der Waals surface area (Å²) in [5.74, 6) is -0.864.